The Morgan fingerprint density at radius 2 is 2.60 bits per heavy atom. The van der Waals surface area contributed by atoms with Crippen LogP contribution in [0.5, 0.6) is 0 Å². The zero-order chi connectivity index (χ0) is 10.5. The van der Waals surface area contributed by atoms with Crippen molar-refractivity contribution in [2.24, 2.45) is 0 Å². The first-order chi connectivity index (χ1) is 7.36. The lowest BCUT2D eigenvalue weighted by Crippen LogP contribution is -2.06. The van der Waals surface area contributed by atoms with Gasteiger partial charge in [0.05, 0.1) is 23.4 Å². The number of hydrogen-bond acceptors (Lipinski definition) is 4. The van der Waals surface area contributed by atoms with Crippen LogP contribution in [0.2, 0.25) is 0 Å². The maximum absolute atomic E-state index is 9.79. The number of aromatic nitrogens is 1. The van der Waals surface area contributed by atoms with Crippen molar-refractivity contribution in [2.75, 3.05) is 6.61 Å². The second-order valence-corrected chi connectivity index (χ2v) is 4.71. The molecule has 1 N–H and O–H groups in total. The monoisotopic (exact) mass is 227 g/mol. The smallest absolute Gasteiger partial charge is 0.0968 e. The molecule has 0 aliphatic carbocycles. The lowest BCUT2D eigenvalue weighted by atomic mass is 10.1. The summed E-state index contributed by atoms with van der Waals surface area (Å²) in [6.45, 7) is 0.916. The fourth-order valence-corrected chi connectivity index (χ4v) is 2.55. The highest BCUT2D eigenvalue weighted by molar-refractivity contribution is 7.07. The summed E-state index contributed by atoms with van der Waals surface area (Å²) in [4.78, 5) is 4.10. The summed E-state index contributed by atoms with van der Waals surface area (Å²) in [7, 11) is 0. The van der Waals surface area contributed by atoms with Crippen molar-refractivity contribution in [2.45, 2.75) is 44.3 Å². The van der Waals surface area contributed by atoms with Crippen molar-refractivity contribution in [3.63, 3.8) is 0 Å². The highest BCUT2D eigenvalue weighted by Crippen LogP contribution is 2.22. The van der Waals surface area contributed by atoms with Gasteiger partial charge in [-0.3, -0.25) is 0 Å². The van der Waals surface area contributed by atoms with Crippen molar-refractivity contribution in [3.05, 3.63) is 16.6 Å². The van der Waals surface area contributed by atoms with Gasteiger partial charge in [0.25, 0.3) is 0 Å². The van der Waals surface area contributed by atoms with Gasteiger partial charge in [-0.1, -0.05) is 0 Å². The number of thiazole rings is 1. The third kappa shape index (κ3) is 3.26. The number of hydrogen-bond donors (Lipinski definition) is 1. The SMILES string of the molecule is OC(CCCC1CCCO1)c1cscn1. The van der Waals surface area contributed by atoms with Crippen molar-refractivity contribution in [1.29, 1.82) is 0 Å². The molecular weight excluding hydrogens is 210 g/mol. The second-order valence-electron chi connectivity index (χ2n) is 4.00. The Morgan fingerprint density at radius 3 is 3.27 bits per heavy atom. The van der Waals surface area contributed by atoms with E-state index >= 15 is 0 Å². The van der Waals surface area contributed by atoms with Gasteiger partial charge in [0.1, 0.15) is 0 Å². The molecule has 4 heteroatoms. The Morgan fingerprint density at radius 1 is 1.67 bits per heavy atom. The van der Waals surface area contributed by atoms with Crippen LogP contribution in [0.4, 0.5) is 0 Å². The molecule has 0 radical (unpaired) electrons. The fourth-order valence-electron chi connectivity index (χ4n) is 1.95. The minimum atomic E-state index is -0.391. The Balaban J connectivity index is 1.65. The highest BCUT2D eigenvalue weighted by Gasteiger charge is 2.16. The van der Waals surface area contributed by atoms with Crippen LogP contribution in [0, 0.1) is 0 Å². The van der Waals surface area contributed by atoms with Crippen LogP contribution >= 0.6 is 11.3 Å². The molecule has 1 aliphatic rings. The molecule has 84 valence electrons. The van der Waals surface area contributed by atoms with Crippen molar-refractivity contribution >= 4 is 11.3 Å². The van der Waals surface area contributed by atoms with Crippen LogP contribution in [0.1, 0.15) is 43.9 Å². The molecule has 2 rings (SSSR count). The second kappa shape index (κ2) is 5.58. The summed E-state index contributed by atoms with van der Waals surface area (Å²) in [5.41, 5.74) is 2.57. The third-order valence-electron chi connectivity index (χ3n) is 2.82. The summed E-state index contributed by atoms with van der Waals surface area (Å²) in [5, 5.41) is 11.7. The average molecular weight is 227 g/mol. The molecular formula is C11H17NO2S. The summed E-state index contributed by atoms with van der Waals surface area (Å²) < 4.78 is 5.53. The maximum Gasteiger partial charge on any atom is 0.0968 e. The van der Waals surface area contributed by atoms with Crippen LogP contribution in [0.15, 0.2) is 10.9 Å². The molecule has 0 aromatic carbocycles. The average Bonchev–Trinajstić information content (AvgIpc) is 2.90. The van der Waals surface area contributed by atoms with Crippen LogP contribution in [-0.4, -0.2) is 22.8 Å². The first kappa shape index (κ1) is 11.0. The zero-order valence-electron chi connectivity index (χ0n) is 8.76. The molecule has 3 nitrogen and oxygen atoms in total. The van der Waals surface area contributed by atoms with Gasteiger partial charge < -0.3 is 9.84 Å². The number of ether oxygens (including phenoxy) is 1. The minimum Gasteiger partial charge on any atom is -0.387 e. The Kier molecular flexibility index (Phi) is 4.11. The van der Waals surface area contributed by atoms with Gasteiger partial charge in [0, 0.05) is 12.0 Å². The van der Waals surface area contributed by atoms with E-state index in [9.17, 15) is 5.11 Å². The molecule has 1 fully saturated rings. The van der Waals surface area contributed by atoms with Gasteiger partial charge in [-0.2, -0.15) is 0 Å². The van der Waals surface area contributed by atoms with Crippen LogP contribution in [-0.2, 0) is 4.74 Å². The van der Waals surface area contributed by atoms with Crippen LogP contribution < -0.4 is 0 Å². The molecule has 2 atom stereocenters. The molecule has 0 spiro atoms. The summed E-state index contributed by atoms with van der Waals surface area (Å²) in [5.74, 6) is 0. The van der Waals surface area contributed by atoms with E-state index in [4.69, 9.17) is 4.74 Å². The fraction of sp³-hybridized carbons (Fsp3) is 0.727. The van der Waals surface area contributed by atoms with E-state index in [-0.39, 0.29) is 0 Å². The van der Waals surface area contributed by atoms with Gasteiger partial charge in [0.2, 0.25) is 0 Å². The molecule has 1 aliphatic heterocycles. The van der Waals surface area contributed by atoms with Crippen molar-refractivity contribution in [1.82, 2.24) is 4.98 Å². The molecule has 0 saturated carbocycles. The van der Waals surface area contributed by atoms with E-state index in [0.29, 0.717) is 6.10 Å². The zero-order valence-corrected chi connectivity index (χ0v) is 9.58. The standard InChI is InChI=1S/C11H17NO2S/c13-11(10-7-15-8-12-10)5-1-3-9-4-2-6-14-9/h7-9,11,13H,1-6H2. The Bertz CT molecular complexity index is 270. The van der Waals surface area contributed by atoms with E-state index in [1.54, 1.807) is 5.51 Å². The molecule has 1 aromatic heterocycles. The Labute approximate surface area is 94.1 Å². The number of aliphatic hydroxyl groups is 1. The predicted molar refractivity (Wildman–Crippen MR) is 59.9 cm³/mol. The quantitative estimate of drug-likeness (QED) is 0.840. The first-order valence-electron chi connectivity index (χ1n) is 5.54. The van der Waals surface area contributed by atoms with Gasteiger partial charge in [-0.15, -0.1) is 11.3 Å². The molecule has 2 unspecified atom stereocenters. The van der Waals surface area contributed by atoms with Crippen LogP contribution in [0.25, 0.3) is 0 Å². The van der Waals surface area contributed by atoms with E-state index in [2.05, 4.69) is 4.98 Å². The highest BCUT2D eigenvalue weighted by atomic mass is 32.1. The van der Waals surface area contributed by atoms with E-state index in [1.165, 1.54) is 24.2 Å². The minimum absolute atomic E-state index is 0.391. The molecule has 1 aromatic rings. The molecule has 0 bridgehead atoms. The molecule has 15 heavy (non-hydrogen) atoms. The topological polar surface area (TPSA) is 42.4 Å². The lowest BCUT2D eigenvalue weighted by molar-refractivity contribution is 0.0940. The van der Waals surface area contributed by atoms with Gasteiger partial charge in [0.15, 0.2) is 0 Å². The summed E-state index contributed by atoms with van der Waals surface area (Å²) >= 11 is 1.53. The largest absolute Gasteiger partial charge is 0.387 e. The number of rotatable bonds is 5. The lowest BCUT2D eigenvalue weighted by Gasteiger charge is -2.11. The normalized spacial score (nSPS) is 23.1. The molecule has 2 heterocycles. The van der Waals surface area contributed by atoms with Gasteiger partial charge in [-0.05, 0) is 32.1 Å². The van der Waals surface area contributed by atoms with Crippen LogP contribution in [0.3, 0.4) is 0 Å². The molecule has 0 amide bonds. The maximum atomic E-state index is 9.79. The van der Waals surface area contributed by atoms with E-state index in [0.717, 1.165) is 31.6 Å². The Hall–Kier alpha value is -0.450. The van der Waals surface area contributed by atoms with Crippen molar-refractivity contribution in [3.8, 4) is 0 Å². The van der Waals surface area contributed by atoms with E-state index in [1.807, 2.05) is 5.38 Å². The molecule has 1 saturated heterocycles. The van der Waals surface area contributed by atoms with Crippen molar-refractivity contribution < 1.29 is 9.84 Å². The summed E-state index contributed by atoms with van der Waals surface area (Å²) in [6.07, 6.45) is 5.31. The predicted octanol–water partition coefficient (Wildman–Crippen LogP) is 2.53. The summed E-state index contributed by atoms with van der Waals surface area (Å²) in [6, 6.07) is 0. The van der Waals surface area contributed by atoms with Gasteiger partial charge in [-0.25, -0.2) is 4.98 Å². The first-order valence-corrected chi connectivity index (χ1v) is 6.48. The third-order valence-corrected chi connectivity index (χ3v) is 3.43. The number of aliphatic hydroxyl groups excluding tert-OH is 1. The van der Waals surface area contributed by atoms with E-state index < -0.39 is 6.10 Å². The number of nitrogens with zero attached hydrogens (tertiary/aromatic N) is 1. The van der Waals surface area contributed by atoms with Gasteiger partial charge >= 0.3 is 0 Å².